The van der Waals surface area contributed by atoms with Gasteiger partial charge in [-0.2, -0.15) is 0 Å². The van der Waals surface area contributed by atoms with Gasteiger partial charge in [0.2, 0.25) is 0 Å². The Kier molecular flexibility index (Phi) is 2.52. The Balaban J connectivity index is 2.87. The maximum absolute atomic E-state index is 11.2. The fourth-order valence-corrected chi connectivity index (χ4v) is 1.38. The molecule has 1 aliphatic heterocycles. The molecule has 1 atom stereocenters. The van der Waals surface area contributed by atoms with Crippen molar-refractivity contribution in [2.45, 2.75) is 11.8 Å². The van der Waals surface area contributed by atoms with E-state index in [-0.39, 0.29) is 6.54 Å². The van der Waals surface area contributed by atoms with Gasteiger partial charge in [0.05, 0.1) is 13.7 Å². The van der Waals surface area contributed by atoms with E-state index < -0.39 is 10.8 Å². The van der Waals surface area contributed by atoms with Crippen molar-refractivity contribution in [3.05, 3.63) is 11.6 Å². The van der Waals surface area contributed by atoms with Crippen LogP contribution in [0.2, 0.25) is 0 Å². The molecular weight excluding hydrogens is 178 g/mol. The summed E-state index contributed by atoms with van der Waals surface area (Å²) in [5.41, 5.74) is 0.877. The van der Waals surface area contributed by atoms with Crippen LogP contribution in [-0.2, 0) is 9.53 Å². The van der Waals surface area contributed by atoms with Gasteiger partial charge in [-0.05, 0) is 18.6 Å². The second kappa shape index (κ2) is 3.27. The SMILES string of the molecule is COC(=O)C1(Cl)C=C(C)C=NC1. The van der Waals surface area contributed by atoms with Crippen LogP contribution in [0.4, 0.5) is 0 Å². The number of methoxy groups -OCH3 is 1. The summed E-state index contributed by atoms with van der Waals surface area (Å²) in [6, 6.07) is 0. The molecule has 0 bridgehead atoms. The van der Waals surface area contributed by atoms with Crippen molar-refractivity contribution < 1.29 is 9.53 Å². The van der Waals surface area contributed by atoms with E-state index in [4.69, 9.17) is 11.6 Å². The van der Waals surface area contributed by atoms with Crippen LogP contribution in [0.25, 0.3) is 0 Å². The lowest BCUT2D eigenvalue weighted by Gasteiger charge is -2.21. The fraction of sp³-hybridized carbons (Fsp3) is 0.500. The predicted octanol–water partition coefficient (Wildman–Crippen LogP) is 1.17. The maximum atomic E-state index is 11.2. The fourth-order valence-electron chi connectivity index (χ4n) is 1.06. The highest BCUT2D eigenvalue weighted by atomic mass is 35.5. The number of dihydropyridines is 1. The molecule has 0 aromatic carbocycles. The van der Waals surface area contributed by atoms with E-state index in [1.54, 1.807) is 12.3 Å². The van der Waals surface area contributed by atoms with E-state index in [1.165, 1.54) is 7.11 Å². The van der Waals surface area contributed by atoms with E-state index in [9.17, 15) is 4.79 Å². The van der Waals surface area contributed by atoms with Gasteiger partial charge >= 0.3 is 5.97 Å². The monoisotopic (exact) mass is 187 g/mol. The zero-order chi connectivity index (χ0) is 9.19. The lowest BCUT2D eigenvalue weighted by atomic mass is 10.0. The number of aliphatic imine (C=N–C) groups is 1. The number of hydrogen-bond donors (Lipinski definition) is 0. The number of nitrogens with zero attached hydrogens (tertiary/aromatic N) is 1. The van der Waals surface area contributed by atoms with E-state index in [2.05, 4.69) is 9.73 Å². The summed E-state index contributed by atoms with van der Waals surface area (Å²) in [5, 5.41) is 0. The van der Waals surface area contributed by atoms with Gasteiger partial charge in [0.25, 0.3) is 0 Å². The van der Waals surface area contributed by atoms with Gasteiger partial charge in [-0.1, -0.05) is 11.6 Å². The Hall–Kier alpha value is -0.830. The molecule has 0 fully saturated rings. The van der Waals surface area contributed by atoms with Crippen LogP contribution in [-0.4, -0.2) is 30.7 Å². The predicted molar refractivity (Wildman–Crippen MR) is 47.7 cm³/mol. The maximum Gasteiger partial charge on any atom is 0.332 e. The molecule has 0 spiro atoms. The molecule has 66 valence electrons. The Labute approximate surface area is 76.1 Å². The van der Waals surface area contributed by atoms with Gasteiger partial charge in [-0.15, -0.1) is 0 Å². The first-order valence-electron chi connectivity index (χ1n) is 3.55. The lowest BCUT2D eigenvalue weighted by molar-refractivity contribution is -0.142. The molecule has 3 nitrogen and oxygen atoms in total. The quantitative estimate of drug-likeness (QED) is 0.457. The Morgan fingerprint density at radius 1 is 1.83 bits per heavy atom. The van der Waals surface area contributed by atoms with Gasteiger partial charge < -0.3 is 4.74 Å². The van der Waals surface area contributed by atoms with Crippen LogP contribution < -0.4 is 0 Å². The van der Waals surface area contributed by atoms with E-state index in [0.717, 1.165) is 5.57 Å². The lowest BCUT2D eigenvalue weighted by Crippen LogP contribution is -2.36. The minimum atomic E-state index is -1.09. The minimum absolute atomic E-state index is 0.249. The summed E-state index contributed by atoms with van der Waals surface area (Å²) >= 11 is 5.96. The number of allylic oxidation sites excluding steroid dienone is 1. The Morgan fingerprint density at radius 2 is 2.50 bits per heavy atom. The Bertz CT molecular complexity index is 260. The molecular formula is C8H10ClNO2. The highest BCUT2D eigenvalue weighted by molar-refractivity contribution is 6.36. The molecule has 0 radical (unpaired) electrons. The van der Waals surface area contributed by atoms with Crippen molar-refractivity contribution in [3.8, 4) is 0 Å². The first-order chi connectivity index (χ1) is 5.58. The van der Waals surface area contributed by atoms with E-state index in [0.29, 0.717) is 0 Å². The third-order valence-electron chi connectivity index (χ3n) is 1.60. The molecule has 12 heavy (non-hydrogen) atoms. The van der Waals surface area contributed by atoms with Crippen LogP contribution in [0, 0.1) is 0 Å². The van der Waals surface area contributed by atoms with Gasteiger partial charge in [0.15, 0.2) is 4.87 Å². The van der Waals surface area contributed by atoms with Gasteiger partial charge in [-0.25, -0.2) is 4.79 Å². The molecule has 0 aromatic rings. The molecule has 0 aliphatic carbocycles. The zero-order valence-corrected chi connectivity index (χ0v) is 7.76. The number of esters is 1. The molecule has 1 rings (SSSR count). The molecule has 0 N–H and O–H groups in total. The average Bonchev–Trinajstić information content (AvgIpc) is 2.02. The summed E-state index contributed by atoms with van der Waals surface area (Å²) < 4.78 is 4.55. The average molecular weight is 188 g/mol. The second-order valence-corrected chi connectivity index (χ2v) is 3.39. The van der Waals surface area contributed by atoms with Crippen molar-refractivity contribution in [1.82, 2.24) is 0 Å². The van der Waals surface area contributed by atoms with Crippen molar-refractivity contribution in [3.63, 3.8) is 0 Å². The molecule has 0 aromatic heterocycles. The van der Waals surface area contributed by atoms with Crippen molar-refractivity contribution in [2.75, 3.05) is 13.7 Å². The third kappa shape index (κ3) is 1.67. The van der Waals surface area contributed by atoms with Gasteiger partial charge in [-0.3, -0.25) is 4.99 Å². The highest BCUT2D eigenvalue weighted by Gasteiger charge is 2.36. The van der Waals surface area contributed by atoms with Crippen LogP contribution in [0.15, 0.2) is 16.6 Å². The van der Waals surface area contributed by atoms with Gasteiger partial charge in [0, 0.05) is 6.21 Å². The molecule has 4 heteroatoms. The smallest absolute Gasteiger partial charge is 0.332 e. The molecule has 0 saturated carbocycles. The number of alkyl halides is 1. The summed E-state index contributed by atoms with van der Waals surface area (Å²) in [7, 11) is 1.31. The number of hydrogen-bond acceptors (Lipinski definition) is 3. The number of ether oxygens (including phenoxy) is 1. The number of rotatable bonds is 1. The molecule has 0 saturated heterocycles. The van der Waals surface area contributed by atoms with Crippen LogP contribution >= 0.6 is 11.6 Å². The van der Waals surface area contributed by atoms with Crippen LogP contribution in [0.1, 0.15) is 6.92 Å². The highest BCUT2D eigenvalue weighted by Crippen LogP contribution is 2.23. The van der Waals surface area contributed by atoms with Crippen molar-refractivity contribution in [2.24, 2.45) is 4.99 Å². The minimum Gasteiger partial charge on any atom is -0.467 e. The van der Waals surface area contributed by atoms with Crippen molar-refractivity contribution in [1.29, 1.82) is 0 Å². The standard InChI is InChI=1S/C8H10ClNO2/c1-6-3-8(9,5-10-4-6)7(11)12-2/h3-4H,5H2,1-2H3. The Morgan fingerprint density at radius 3 is 3.00 bits per heavy atom. The molecule has 1 heterocycles. The number of carbonyl (C=O) groups is 1. The molecule has 0 amide bonds. The summed E-state index contributed by atoms with van der Waals surface area (Å²) in [4.78, 5) is 14.0. The third-order valence-corrected chi connectivity index (χ3v) is 1.98. The largest absolute Gasteiger partial charge is 0.467 e. The number of carbonyl (C=O) groups excluding carboxylic acids is 1. The molecule has 1 unspecified atom stereocenters. The van der Waals surface area contributed by atoms with Crippen LogP contribution in [0.5, 0.6) is 0 Å². The topological polar surface area (TPSA) is 38.7 Å². The summed E-state index contributed by atoms with van der Waals surface area (Å²) in [5.74, 6) is -0.458. The second-order valence-electron chi connectivity index (χ2n) is 2.71. The summed E-state index contributed by atoms with van der Waals surface area (Å²) in [6.45, 7) is 2.08. The van der Waals surface area contributed by atoms with Crippen molar-refractivity contribution >= 4 is 23.8 Å². The molecule has 1 aliphatic rings. The first-order valence-corrected chi connectivity index (χ1v) is 3.93. The normalized spacial score (nSPS) is 28.1. The van der Waals surface area contributed by atoms with Crippen LogP contribution in [0.3, 0.4) is 0 Å². The number of halogens is 1. The van der Waals surface area contributed by atoms with Gasteiger partial charge in [0.1, 0.15) is 0 Å². The summed E-state index contributed by atoms with van der Waals surface area (Å²) in [6.07, 6.45) is 3.34. The van der Waals surface area contributed by atoms with E-state index >= 15 is 0 Å². The van der Waals surface area contributed by atoms with E-state index in [1.807, 2.05) is 6.92 Å². The zero-order valence-electron chi connectivity index (χ0n) is 7.00. The first kappa shape index (κ1) is 9.26.